The molecule has 0 fully saturated rings. The van der Waals surface area contributed by atoms with Gasteiger partial charge >= 0.3 is 0 Å². The number of rotatable bonds is 3. The number of hydrogen-bond acceptors (Lipinski definition) is 3. The summed E-state index contributed by atoms with van der Waals surface area (Å²) in [6.45, 7) is 0. The molecule has 0 spiro atoms. The fourth-order valence-corrected chi connectivity index (χ4v) is 4.51. The molecule has 114 valence electrons. The topological polar surface area (TPSA) is 80.5 Å². The normalized spacial score (nSPS) is 17.3. The van der Waals surface area contributed by atoms with Crippen molar-refractivity contribution in [1.82, 2.24) is 0 Å². The average Bonchev–Trinajstić information content (AvgIpc) is 2.88. The molecule has 0 aliphatic carbocycles. The van der Waals surface area contributed by atoms with E-state index in [0.717, 1.165) is 14.3 Å². The van der Waals surface area contributed by atoms with Crippen molar-refractivity contribution in [2.24, 2.45) is 5.73 Å². The Morgan fingerprint density at radius 2 is 1.77 bits per heavy atom. The van der Waals surface area contributed by atoms with Crippen molar-refractivity contribution >= 4 is 37.5 Å². The van der Waals surface area contributed by atoms with Crippen LogP contribution in [0.1, 0.15) is 5.56 Å². The van der Waals surface area contributed by atoms with E-state index in [1.165, 1.54) is 12.1 Å². The summed E-state index contributed by atoms with van der Waals surface area (Å²) in [5.41, 5.74) is 6.72. The molecule has 22 heavy (non-hydrogen) atoms. The lowest BCUT2D eigenvalue weighted by atomic mass is 10.1. The smallest absolute Gasteiger partial charge is 0.265 e. The molecule has 2 N–H and O–H groups in total. The van der Waals surface area contributed by atoms with Crippen molar-refractivity contribution in [3.05, 3.63) is 58.6 Å². The van der Waals surface area contributed by atoms with E-state index < -0.39 is 22.0 Å². The van der Waals surface area contributed by atoms with Gasteiger partial charge in [-0.1, -0.05) is 34.1 Å². The highest BCUT2D eigenvalue weighted by atomic mass is 79.9. The maximum absolute atomic E-state index is 12.9. The Hall–Kier alpha value is -1.86. The first-order valence-electron chi connectivity index (χ1n) is 6.58. The second-order valence-corrected chi connectivity index (χ2v) is 7.74. The molecule has 5 nitrogen and oxygen atoms in total. The quantitative estimate of drug-likeness (QED) is 0.884. The van der Waals surface area contributed by atoms with Gasteiger partial charge in [0.25, 0.3) is 10.0 Å². The Morgan fingerprint density at radius 3 is 2.41 bits per heavy atom. The molecule has 0 saturated carbocycles. The number of carbonyl (C=O) groups is 1. The van der Waals surface area contributed by atoms with Gasteiger partial charge in [-0.15, -0.1) is 0 Å². The molecule has 1 unspecified atom stereocenters. The van der Waals surface area contributed by atoms with Crippen molar-refractivity contribution in [2.75, 3.05) is 4.31 Å². The van der Waals surface area contributed by atoms with Gasteiger partial charge in [-0.2, -0.15) is 0 Å². The standard InChI is InChI=1S/C15H13BrN2O3S/c16-11-5-7-12(8-6-11)22(20,21)18-13-4-2-1-3-10(13)9-14(18)15(17)19/h1-8,14H,9H2,(H2,17,19). The summed E-state index contributed by atoms with van der Waals surface area (Å²) in [6, 6.07) is 12.4. The molecular weight excluding hydrogens is 368 g/mol. The summed E-state index contributed by atoms with van der Waals surface area (Å²) in [5, 5.41) is 0. The molecule has 2 aromatic rings. The maximum atomic E-state index is 12.9. The molecule has 0 saturated heterocycles. The fourth-order valence-electron chi connectivity index (χ4n) is 2.59. The number of fused-ring (bicyclic) bond motifs is 1. The summed E-state index contributed by atoms with van der Waals surface area (Å²) in [6.07, 6.45) is 0.293. The van der Waals surface area contributed by atoms with Crippen LogP contribution in [0.3, 0.4) is 0 Å². The number of sulfonamides is 1. The number of halogens is 1. The van der Waals surface area contributed by atoms with Crippen LogP contribution in [0.25, 0.3) is 0 Å². The van der Waals surface area contributed by atoms with Crippen molar-refractivity contribution in [1.29, 1.82) is 0 Å². The van der Waals surface area contributed by atoms with Crippen LogP contribution in [0, 0.1) is 0 Å². The highest BCUT2D eigenvalue weighted by Gasteiger charge is 2.41. The number of primary amides is 1. The van der Waals surface area contributed by atoms with Gasteiger partial charge in [-0.25, -0.2) is 8.42 Å². The Balaban J connectivity index is 2.14. The second-order valence-electron chi connectivity index (χ2n) is 5.01. The zero-order chi connectivity index (χ0) is 15.9. The number of para-hydroxylation sites is 1. The number of amides is 1. The van der Waals surface area contributed by atoms with E-state index in [0.29, 0.717) is 12.1 Å². The summed E-state index contributed by atoms with van der Waals surface area (Å²) in [5.74, 6) is -0.656. The highest BCUT2D eigenvalue weighted by Crippen LogP contribution is 2.36. The lowest BCUT2D eigenvalue weighted by Crippen LogP contribution is -2.45. The maximum Gasteiger partial charge on any atom is 0.265 e. The van der Waals surface area contributed by atoms with Gasteiger partial charge in [-0.05, 0) is 35.9 Å². The van der Waals surface area contributed by atoms with Crippen molar-refractivity contribution in [3.63, 3.8) is 0 Å². The van der Waals surface area contributed by atoms with Gasteiger partial charge in [-0.3, -0.25) is 9.10 Å². The fraction of sp³-hybridized carbons (Fsp3) is 0.133. The van der Waals surface area contributed by atoms with E-state index >= 15 is 0 Å². The summed E-state index contributed by atoms with van der Waals surface area (Å²) in [4.78, 5) is 11.8. The van der Waals surface area contributed by atoms with Crippen LogP contribution in [0.4, 0.5) is 5.69 Å². The molecule has 1 aliphatic rings. The third kappa shape index (κ3) is 2.40. The lowest BCUT2D eigenvalue weighted by molar-refractivity contribution is -0.118. The summed E-state index contributed by atoms with van der Waals surface area (Å²) >= 11 is 3.27. The van der Waals surface area contributed by atoms with Crippen LogP contribution >= 0.6 is 15.9 Å². The Kier molecular flexibility index (Phi) is 3.70. The van der Waals surface area contributed by atoms with E-state index in [2.05, 4.69) is 15.9 Å². The second kappa shape index (κ2) is 5.40. The highest BCUT2D eigenvalue weighted by molar-refractivity contribution is 9.10. The number of benzene rings is 2. The average molecular weight is 381 g/mol. The molecule has 1 heterocycles. The molecule has 0 bridgehead atoms. The van der Waals surface area contributed by atoms with Gasteiger partial charge in [0.2, 0.25) is 5.91 Å². The van der Waals surface area contributed by atoms with Crippen molar-refractivity contribution in [3.8, 4) is 0 Å². The van der Waals surface area contributed by atoms with Crippen LogP contribution in [-0.2, 0) is 21.2 Å². The minimum Gasteiger partial charge on any atom is -0.368 e. The molecule has 1 atom stereocenters. The van der Waals surface area contributed by atoms with Crippen LogP contribution in [-0.4, -0.2) is 20.4 Å². The van der Waals surface area contributed by atoms with Crippen LogP contribution < -0.4 is 10.0 Å². The van der Waals surface area contributed by atoms with Gasteiger partial charge in [0.1, 0.15) is 6.04 Å². The van der Waals surface area contributed by atoms with E-state index in [1.807, 2.05) is 12.1 Å². The molecule has 3 rings (SSSR count). The molecular formula is C15H13BrN2O3S. The number of hydrogen-bond donors (Lipinski definition) is 1. The Bertz CT molecular complexity index is 834. The third-order valence-electron chi connectivity index (χ3n) is 3.62. The summed E-state index contributed by atoms with van der Waals surface area (Å²) in [7, 11) is -3.85. The molecule has 0 aromatic heterocycles. The summed E-state index contributed by atoms with van der Waals surface area (Å²) < 4.78 is 27.8. The van der Waals surface area contributed by atoms with Gasteiger partial charge in [0, 0.05) is 10.9 Å². The first kappa shape index (κ1) is 15.1. The third-order valence-corrected chi connectivity index (χ3v) is 5.99. The van der Waals surface area contributed by atoms with Gasteiger partial charge < -0.3 is 5.73 Å². The number of anilines is 1. The number of nitrogens with zero attached hydrogens (tertiary/aromatic N) is 1. The number of nitrogens with two attached hydrogens (primary N) is 1. The molecule has 1 amide bonds. The largest absolute Gasteiger partial charge is 0.368 e. The SMILES string of the molecule is NC(=O)C1Cc2ccccc2N1S(=O)(=O)c1ccc(Br)cc1. The minimum atomic E-state index is -3.85. The monoisotopic (exact) mass is 380 g/mol. The number of carbonyl (C=O) groups excluding carboxylic acids is 1. The van der Waals surface area contributed by atoms with E-state index in [-0.39, 0.29) is 4.90 Å². The van der Waals surface area contributed by atoms with E-state index in [4.69, 9.17) is 5.73 Å². The Morgan fingerprint density at radius 1 is 1.14 bits per heavy atom. The van der Waals surface area contributed by atoms with Gasteiger partial charge in [0.05, 0.1) is 10.6 Å². The molecule has 2 aromatic carbocycles. The van der Waals surface area contributed by atoms with E-state index in [9.17, 15) is 13.2 Å². The predicted octanol–water partition coefficient (Wildman–Crippen LogP) is 2.05. The molecule has 1 aliphatic heterocycles. The van der Waals surface area contributed by atoms with E-state index in [1.54, 1.807) is 24.3 Å². The molecule has 7 heteroatoms. The minimum absolute atomic E-state index is 0.124. The lowest BCUT2D eigenvalue weighted by Gasteiger charge is -2.25. The van der Waals surface area contributed by atoms with Gasteiger partial charge in [0.15, 0.2) is 0 Å². The first-order chi connectivity index (χ1) is 10.4. The van der Waals surface area contributed by atoms with Crippen LogP contribution in [0.5, 0.6) is 0 Å². The predicted molar refractivity (Wildman–Crippen MR) is 86.9 cm³/mol. The first-order valence-corrected chi connectivity index (χ1v) is 8.82. The zero-order valence-corrected chi connectivity index (χ0v) is 13.8. The van der Waals surface area contributed by atoms with Crippen molar-refractivity contribution < 1.29 is 13.2 Å². The molecule has 0 radical (unpaired) electrons. The van der Waals surface area contributed by atoms with Crippen molar-refractivity contribution in [2.45, 2.75) is 17.4 Å². The zero-order valence-electron chi connectivity index (χ0n) is 11.4. The Labute approximate surface area is 136 Å². The van der Waals surface area contributed by atoms with Crippen LogP contribution in [0.15, 0.2) is 57.9 Å². The van der Waals surface area contributed by atoms with Crippen LogP contribution in [0.2, 0.25) is 0 Å².